The number of sulfonamides is 1. The Labute approximate surface area is 161 Å². The molecule has 1 amide bonds. The van der Waals surface area contributed by atoms with Gasteiger partial charge in [-0.3, -0.25) is 10.2 Å². The van der Waals surface area contributed by atoms with Crippen LogP contribution >= 0.6 is 0 Å². The monoisotopic (exact) mass is 393 g/mol. The number of hydrogen-bond donors (Lipinski definition) is 2. The highest BCUT2D eigenvalue weighted by Crippen LogP contribution is 2.25. The highest BCUT2D eigenvalue weighted by molar-refractivity contribution is 7.89. The smallest absolute Gasteiger partial charge is 0.267 e. The molecule has 0 aliphatic heterocycles. The Morgan fingerprint density at radius 1 is 0.929 bits per heavy atom. The molecule has 0 aliphatic rings. The molecular formula is C20H15N3O4S. The van der Waals surface area contributed by atoms with E-state index in [1.807, 2.05) is 0 Å². The summed E-state index contributed by atoms with van der Waals surface area (Å²) in [7, 11) is -3.89. The van der Waals surface area contributed by atoms with Gasteiger partial charge in [0.25, 0.3) is 15.9 Å². The van der Waals surface area contributed by atoms with E-state index in [0.717, 1.165) is 0 Å². The molecule has 0 spiro atoms. The van der Waals surface area contributed by atoms with Crippen LogP contribution < -0.4 is 10.3 Å². The Hall–Kier alpha value is -3.49. The van der Waals surface area contributed by atoms with Gasteiger partial charge in [-0.1, -0.05) is 36.4 Å². The molecule has 2 N–H and O–H groups in total. The van der Waals surface area contributed by atoms with Crippen molar-refractivity contribution in [1.29, 1.82) is 0 Å². The van der Waals surface area contributed by atoms with Crippen molar-refractivity contribution in [3.8, 4) is 11.5 Å². The maximum absolute atomic E-state index is 12.8. The van der Waals surface area contributed by atoms with Crippen LogP contribution in [-0.4, -0.2) is 19.3 Å². The second-order valence-electron chi connectivity index (χ2n) is 5.92. The number of nitrogens with one attached hydrogen (secondary N) is 2. The summed E-state index contributed by atoms with van der Waals surface area (Å²) < 4.78 is 30.0. The van der Waals surface area contributed by atoms with Crippen LogP contribution in [0, 0.1) is 0 Å². The number of hydrogen-bond acceptors (Lipinski definition) is 5. The molecule has 0 unspecified atom stereocenters. The first kappa shape index (κ1) is 17.9. The highest BCUT2D eigenvalue weighted by atomic mass is 32.2. The van der Waals surface area contributed by atoms with Crippen molar-refractivity contribution < 1.29 is 17.6 Å². The van der Waals surface area contributed by atoms with E-state index in [4.69, 9.17) is 4.42 Å². The standard InChI is InChI=1S/C20H15N3O4S/c24-20(22-23-28(25,26)14-7-2-1-3-8-14)16-13-18(19-11-6-12-27-19)21-17-10-5-4-9-15(16)17/h1-13,23H,(H,22,24). The number of fused-ring (bicyclic) bond motifs is 1. The fraction of sp³-hybridized carbons (Fsp3) is 0. The van der Waals surface area contributed by atoms with Crippen molar-refractivity contribution in [3.05, 3.63) is 84.6 Å². The maximum Gasteiger partial charge on any atom is 0.267 e. The van der Waals surface area contributed by atoms with E-state index in [9.17, 15) is 13.2 Å². The first-order chi connectivity index (χ1) is 13.5. The predicted octanol–water partition coefficient (Wildman–Crippen LogP) is 3.12. The molecule has 0 aliphatic carbocycles. The zero-order chi connectivity index (χ0) is 19.6. The van der Waals surface area contributed by atoms with Gasteiger partial charge >= 0.3 is 0 Å². The maximum atomic E-state index is 12.8. The van der Waals surface area contributed by atoms with Gasteiger partial charge in [-0.05, 0) is 36.4 Å². The molecule has 0 fully saturated rings. The van der Waals surface area contributed by atoms with Gasteiger partial charge in [-0.2, -0.15) is 0 Å². The summed E-state index contributed by atoms with van der Waals surface area (Å²) in [5.74, 6) is -0.101. The number of pyridine rings is 1. The van der Waals surface area contributed by atoms with Crippen LogP contribution in [-0.2, 0) is 10.0 Å². The highest BCUT2D eigenvalue weighted by Gasteiger charge is 2.18. The molecule has 7 nitrogen and oxygen atoms in total. The van der Waals surface area contributed by atoms with Crippen molar-refractivity contribution >= 4 is 26.8 Å². The van der Waals surface area contributed by atoms with Crippen LogP contribution in [0.15, 0.2) is 88.4 Å². The molecule has 0 bridgehead atoms. The number of aromatic nitrogens is 1. The first-order valence-corrected chi connectivity index (χ1v) is 9.84. The topological polar surface area (TPSA) is 101 Å². The van der Waals surface area contributed by atoms with E-state index in [1.165, 1.54) is 18.4 Å². The zero-order valence-corrected chi connectivity index (χ0v) is 15.3. The molecule has 140 valence electrons. The lowest BCUT2D eigenvalue weighted by atomic mass is 10.1. The Kier molecular flexibility index (Phi) is 4.64. The van der Waals surface area contributed by atoms with Crippen molar-refractivity contribution in [2.24, 2.45) is 0 Å². The Balaban J connectivity index is 1.67. The van der Waals surface area contributed by atoms with Gasteiger partial charge in [0.05, 0.1) is 22.2 Å². The second-order valence-corrected chi connectivity index (χ2v) is 7.60. The van der Waals surface area contributed by atoms with Gasteiger partial charge in [0.2, 0.25) is 0 Å². The summed E-state index contributed by atoms with van der Waals surface area (Å²) in [5.41, 5.74) is 3.60. The number of carbonyl (C=O) groups excluding carboxylic acids is 1. The third-order valence-electron chi connectivity index (χ3n) is 4.09. The van der Waals surface area contributed by atoms with Gasteiger partial charge in [-0.15, -0.1) is 4.83 Å². The van der Waals surface area contributed by atoms with Crippen LogP contribution in [0.4, 0.5) is 0 Å². The molecule has 4 aromatic rings. The number of benzene rings is 2. The molecular weight excluding hydrogens is 378 g/mol. The third kappa shape index (κ3) is 3.51. The summed E-state index contributed by atoms with van der Waals surface area (Å²) in [4.78, 5) is 19.4. The SMILES string of the molecule is O=C(NNS(=O)(=O)c1ccccc1)c1cc(-c2ccco2)nc2ccccc12. The normalized spacial score (nSPS) is 11.4. The van der Waals surface area contributed by atoms with Gasteiger partial charge < -0.3 is 4.42 Å². The molecule has 2 aromatic carbocycles. The van der Waals surface area contributed by atoms with Crippen LogP contribution in [0.1, 0.15) is 10.4 Å². The number of carbonyl (C=O) groups is 1. The predicted molar refractivity (Wildman–Crippen MR) is 104 cm³/mol. The van der Waals surface area contributed by atoms with Gasteiger partial charge in [0, 0.05) is 5.39 Å². The minimum Gasteiger partial charge on any atom is -0.463 e. The summed E-state index contributed by atoms with van der Waals surface area (Å²) in [6, 6.07) is 19.9. The van der Waals surface area contributed by atoms with Crippen molar-refractivity contribution in [1.82, 2.24) is 15.2 Å². The average molecular weight is 393 g/mol. The van der Waals surface area contributed by atoms with E-state index in [0.29, 0.717) is 22.4 Å². The van der Waals surface area contributed by atoms with E-state index >= 15 is 0 Å². The van der Waals surface area contributed by atoms with Gasteiger partial charge in [0.15, 0.2) is 5.76 Å². The molecule has 2 heterocycles. The molecule has 2 aromatic heterocycles. The Morgan fingerprint density at radius 2 is 1.68 bits per heavy atom. The lowest BCUT2D eigenvalue weighted by Gasteiger charge is -2.11. The van der Waals surface area contributed by atoms with E-state index < -0.39 is 15.9 Å². The Morgan fingerprint density at radius 3 is 2.43 bits per heavy atom. The number of nitrogens with zero attached hydrogens (tertiary/aromatic N) is 1. The zero-order valence-electron chi connectivity index (χ0n) is 14.5. The lowest BCUT2D eigenvalue weighted by molar-refractivity contribution is 0.0946. The second kappa shape index (κ2) is 7.26. The molecule has 8 heteroatoms. The molecule has 4 rings (SSSR count). The quantitative estimate of drug-likeness (QED) is 0.507. The van der Waals surface area contributed by atoms with E-state index in [2.05, 4.69) is 15.2 Å². The average Bonchev–Trinajstić information content (AvgIpc) is 3.27. The number of amides is 1. The summed E-state index contributed by atoms with van der Waals surface area (Å²) in [6.07, 6.45) is 1.51. The first-order valence-electron chi connectivity index (χ1n) is 8.35. The fourth-order valence-electron chi connectivity index (χ4n) is 2.75. The molecule has 0 saturated carbocycles. The summed E-state index contributed by atoms with van der Waals surface area (Å²) >= 11 is 0. The summed E-state index contributed by atoms with van der Waals surface area (Å²) in [6.45, 7) is 0. The number of rotatable bonds is 5. The van der Waals surface area contributed by atoms with Crippen molar-refractivity contribution in [3.63, 3.8) is 0 Å². The number of hydrazine groups is 1. The minimum atomic E-state index is -3.89. The fourth-order valence-corrected chi connectivity index (χ4v) is 3.61. The molecule has 28 heavy (non-hydrogen) atoms. The third-order valence-corrected chi connectivity index (χ3v) is 5.35. The minimum absolute atomic E-state index is 0.0474. The van der Waals surface area contributed by atoms with Gasteiger partial charge in [-0.25, -0.2) is 13.4 Å². The Bertz CT molecular complexity index is 1240. The van der Waals surface area contributed by atoms with Crippen LogP contribution in [0.5, 0.6) is 0 Å². The van der Waals surface area contributed by atoms with Crippen LogP contribution in [0.2, 0.25) is 0 Å². The van der Waals surface area contributed by atoms with E-state index in [1.54, 1.807) is 60.7 Å². The number of para-hydroxylation sites is 1. The van der Waals surface area contributed by atoms with E-state index in [-0.39, 0.29) is 10.5 Å². The lowest BCUT2D eigenvalue weighted by Crippen LogP contribution is -2.41. The summed E-state index contributed by atoms with van der Waals surface area (Å²) in [5, 5.41) is 0.592. The van der Waals surface area contributed by atoms with Gasteiger partial charge in [0.1, 0.15) is 5.69 Å². The molecule has 0 saturated heterocycles. The molecule has 0 atom stereocenters. The van der Waals surface area contributed by atoms with Crippen molar-refractivity contribution in [2.75, 3.05) is 0 Å². The molecule has 0 radical (unpaired) electrons. The van der Waals surface area contributed by atoms with Crippen molar-refractivity contribution in [2.45, 2.75) is 4.90 Å². The largest absolute Gasteiger partial charge is 0.463 e. The van der Waals surface area contributed by atoms with Crippen LogP contribution in [0.25, 0.3) is 22.4 Å². The number of furan rings is 1. The van der Waals surface area contributed by atoms with Crippen LogP contribution in [0.3, 0.4) is 0 Å².